The zero-order valence-corrected chi connectivity index (χ0v) is 17.3. The highest BCUT2D eigenvalue weighted by molar-refractivity contribution is 7.18. The summed E-state index contributed by atoms with van der Waals surface area (Å²) in [5.74, 6) is 0.233. The number of amides is 1. The molecule has 2 aromatic rings. The van der Waals surface area contributed by atoms with Crippen LogP contribution < -0.4 is 0 Å². The quantitative estimate of drug-likeness (QED) is 0.784. The van der Waals surface area contributed by atoms with E-state index in [1.807, 2.05) is 23.1 Å². The molecule has 3 saturated heterocycles. The van der Waals surface area contributed by atoms with E-state index in [0.29, 0.717) is 12.5 Å². The van der Waals surface area contributed by atoms with Crippen LogP contribution >= 0.6 is 11.3 Å². The van der Waals surface area contributed by atoms with Gasteiger partial charge in [0.25, 0.3) is 0 Å². The van der Waals surface area contributed by atoms with Crippen molar-refractivity contribution in [3.05, 3.63) is 29.3 Å². The van der Waals surface area contributed by atoms with Gasteiger partial charge in [-0.3, -0.25) is 9.69 Å². The van der Waals surface area contributed by atoms with E-state index in [1.54, 1.807) is 11.3 Å². The third-order valence-electron chi connectivity index (χ3n) is 6.45. The molecular weight excluding hydrogens is 372 g/mol. The fourth-order valence-corrected chi connectivity index (χ4v) is 5.65. The van der Waals surface area contributed by atoms with Crippen LogP contribution in [0.5, 0.6) is 0 Å². The number of hydrogen-bond donors (Lipinski definition) is 0. The number of piperazine rings is 1. The number of likely N-dealkylation sites (tertiary alicyclic amines) is 1. The van der Waals surface area contributed by atoms with E-state index >= 15 is 0 Å². The number of aromatic nitrogens is 1. The lowest BCUT2D eigenvalue weighted by atomic mass is 9.88. The molecule has 1 aromatic carbocycles. The van der Waals surface area contributed by atoms with Crippen LogP contribution in [0.4, 0.5) is 0 Å². The maximum atomic E-state index is 12.6. The second-order valence-electron chi connectivity index (χ2n) is 8.52. The van der Waals surface area contributed by atoms with Gasteiger partial charge in [-0.15, -0.1) is 11.3 Å². The first-order valence-electron chi connectivity index (χ1n) is 10.3. The van der Waals surface area contributed by atoms with E-state index in [9.17, 15) is 4.79 Å². The van der Waals surface area contributed by atoms with Crippen molar-refractivity contribution in [2.45, 2.75) is 30.9 Å². The van der Waals surface area contributed by atoms with Crippen molar-refractivity contribution in [3.63, 3.8) is 0 Å². The van der Waals surface area contributed by atoms with Crippen molar-refractivity contribution < 1.29 is 9.53 Å². The summed E-state index contributed by atoms with van der Waals surface area (Å²) in [6, 6.07) is 8.68. The van der Waals surface area contributed by atoms with E-state index in [4.69, 9.17) is 4.74 Å². The Morgan fingerprint density at radius 3 is 2.82 bits per heavy atom. The molecule has 6 nitrogen and oxygen atoms in total. The van der Waals surface area contributed by atoms with E-state index in [-0.39, 0.29) is 11.5 Å². The molecule has 3 fully saturated rings. The molecule has 3 aliphatic rings. The second-order valence-corrected chi connectivity index (χ2v) is 9.63. The number of thiazole rings is 1. The Labute approximate surface area is 170 Å². The van der Waals surface area contributed by atoms with E-state index < -0.39 is 0 Å². The van der Waals surface area contributed by atoms with Crippen LogP contribution in [0.2, 0.25) is 0 Å². The minimum absolute atomic E-state index is 0.0838. The normalized spacial score (nSPS) is 25.5. The highest BCUT2D eigenvalue weighted by Gasteiger charge is 2.52. The largest absolute Gasteiger partial charge is 0.370 e. The van der Waals surface area contributed by atoms with Gasteiger partial charge in [-0.2, -0.15) is 0 Å². The Morgan fingerprint density at radius 1 is 1.25 bits per heavy atom. The van der Waals surface area contributed by atoms with Crippen LogP contribution in [0.15, 0.2) is 24.3 Å². The molecular formula is C21H28N4O2S. The lowest BCUT2D eigenvalue weighted by molar-refractivity contribution is -0.157. The Hall–Kier alpha value is -1.54. The Bertz CT molecular complexity index is 822. The topological polar surface area (TPSA) is 48.9 Å². The van der Waals surface area contributed by atoms with Gasteiger partial charge in [0.1, 0.15) is 5.60 Å². The molecule has 28 heavy (non-hydrogen) atoms. The number of ether oxygens (including phenoxy) is 1. The molecule has 1 spiro atoms. The van der Waals surface area contributed by atoms with Crippen LogP contribution in [0.25, 0.3) is 10.2 Å². The van der Waals surface area contributed by atoms with Crippen molar-refractivity contribution in [1.29, 1.82) is 0 Å². The molecule has 5 rings (SSSR count). The summed E-state index contributed by atoms with van der Waals surface area (Å²) in [6.07, 6.45) is 2.34. The maximum Gasteiger partial charge on any atom is 0.223 e. The van der Waals surface area contributed by atoms with Gasteiger partial charge in [0.2, 0.25) is 5.91 Å². The van der Waals surface area contributed by atoms with Crippen LogP contribution in [0.3, 0.4) is 0 Å². The van der Waals surface area contributed by atoms with Gasteiger partial charge in [0, 0.05) is 45.1 Å². The number of carbonyl (C=O) groups excluding carboxylic acids is 1. The summed E-state index contributed by atoms with van der Waals surface area (Å²) in [7, 11) is 2.19. The minimum atomic E-state index is -0.0838. The van der Waals surface area contributed by atoms with Gasteiger partial charge >= 0.3 is 0 Å². The summed E-state index contributed by atoms with van der Waals surface area (Å²) >= 11 is 1.70. The molecule has 1 unspecified atom stereocenters. The molecule has 7 heteroatoms. The first-order valence-corrected chi connectivity index (χ1v) is 11.1. The monoisotopic (exact) mass is 400 g/mol. The van der Waals surface area contributed by atoms with Gasteiger partial charge in [-0.05, 0) is 25.6 Å². The van der Waals surface area contributed by atoms with Gasteiger partial charge in [0.05, 0.1) is 34.9 Å². The molecule has 0 bridgehead atoms. The van der Waals surface area contributed by atoms with Crippen LogP contribution in [-0.2, 0) is 16.0 Å². The number of benzene rings is 1. The fourth-order valence-electron chi connectivity index (χ4n) is 4.69. The predicted molar refractivity (Wildman–Crippen MR) is 111 cm³/mol. The average molecular weight is 401 g/mol. The third-order valence-corrected chi connectivity index (χ3v) is 7.54. The minimum Gasteiger partial charge on any atom is -0.370 e. The number of fused-ring (bicyclic) bond motifs is 1. The molecule has 0 saturated carbocycles. The van der Waals surface area contributed by atoms with Crippen molar-refractivity contribution >= 4 is 27.5 Å². The van der Waals surface area contributed by atoms with Crippen LogP contribution in [-0.4, -0.2) is 90.2 Å². The predicted octanol–water partition coefficient (Wildman–Crippen LogP) is 1.85. The van der Waals surface area contributed by atoms with Gasteiger partial charge < -0.3 is 14.5 Å². The Morgan fingerprint density at radius 2 is 2.04 bits per heavy atom. The summed E-state index contributed by atoms with van der Waals surface area (Å²) < 4.78 is 7.39. The first kappa shape index (κ1) is 18.5. The smallest absolute Gasteiger partial charge is 0.223 e. The number of carbonyl (C=O) groups is 1. The van der Waals surface area contributed by atoms with Crippen molar-refractivity contribution in [2.24, 2.45) is 0 Å². The summed E-state index contributed by atoms with van der Waals surface area (Å²) in [4.78, 5) is 24.2. The summed E-state index contributed by atoms with van der Waals surface area (Å²) in [6.45, 7) is 6.87. The first-order chi connectivity index (χ1) is 13.6. The van der Waals surface area contributed by atoms with E-state index in [2.05, 4.69) is 27.9 Å². The maximum absolute atomic E-state index is 12.6. The van der Waals surface area contributed by atoms with Crippen LogP contribution in [0, 0.1) is 0 Å². The average Bonchev–Trinajstić information content (AvgIpc) is 3.30. The standard InChI is InChI=1S/C21H28N4O2S/c1-23-8-10-24(11-9-23)16-12-21(27-13-16)14-25(15-21)20(26)7-6-19-22-17-4-2-3-5-18(17)28-19/h2-5,16H,6-15H2,1H3. The molecule has 0 aliphatic carbocycles. The number of rotatable bonds is 4. The van der Waals surface area contributed by atoms with Gasteiger partial charge in [0.15, 0.2) is 0 Å². The molecule has 4 heterocycles. The summed E-state index contributed by atoms with van der Waals surface area (Å²) in [5, 5.41) is 1.05. The van der Waals surface area contributed by atoms with E-state index in [1.165, 1.54) is 4.70 Å². The van der Waals surface area contributed by atoms with Crippen molar-refractivity contribution in [3.8, 4) is 0 Å². The molecule has 150 valence electrons. The number of nitrogens with zero attached hydrogens (tertiary/aromatic N) is 4. The molecule has 1 atom stereocenters. The Balaban J connectivity index is 1.10. The number of para-hydroxylation sites is 1. The zero-order chi connectivity index (χ0) is 19.1. The Kier molecular flexibility index (Phi) is 4.87. The fraction of sp³-hybridized carbons (Fsp3) is 0.619. The van der Waals surface area contributed by atoms with Crippen molar-refractivity contribution in [1.82, 2.24) is 19.7 Å². The molecule has 0 N–H and O–H groups in total. The summed E-state index contributed by atoms with van der Waals surface area (Å²) in [5.41, 5.74) is 0.951. The van der Waals surface area contributed by atoms with Gasteiger partial charge in [-0.25, -0.2) is 4.98 Å². The molecule has 3 aliphatic heterocycles. The third kappa shape index (κ3) is 3.56. The van der Waals surface area contributed by atoms with Gasteiger partial charge in [-0.1, -0.05) is 12.1 Å². The number of aryl methyl sites for hydroxylation is 1. The lowest BCUT2D eigenvalue weighted by Crippen LogP contribution is -2.63. The highest BCUT2D eigenvalue weighted by atomic mass is 32.1. The lowest BCUT2D eigenvalue weighted by Gasteiger charge is -2.47. The molecule has 1 aromatic heterocycles. The van der Waals surface area contributed by atoms with E-state index in [0.717, 1.165) is 69.2 Å². The number of hydrogen-bond acceptors (Lipinski definition) is 6. The molecule has 1 amide bonds. The molecule has 0 radical (unpaired) electrons. The zero-order valence-electron chi connectivity index (χ0n) is 16.5. The second kappa shape index (κ2) is 7.37. The number of likely N-dealkylation sites (N-methyl/N-ethyl adjacent to an activating group) is 1. The SMILES string of the molecule is CN1CCN(C2COC3(C2)CN(C(=O)CCc2nc4ccccc4s2)C3)CC1. The van der Waals surface area contributed by atoms with Crippen molar-refractivity contribution in [2.75, 3.05) is 52.9 Å². The highest BCUT2D eigenvalue weighted by Crippen LogP contribution is 2.37. The van der Waals surface area contributed by atoms with Crippen LogP contribution in [0.1, 0.15) is 17.8 Å².